The quantitative estimate of drug-likeness (QED) is 0.339. The SMILES string of the molecule is CCCCC(O)CCCOc1ccc(C=CC(=O)c2ccccc2)cc1. The zero-order valence-corrected chi connectivity index (χ0v) is 15.4. The molecule has 0 bridgehead atoms. The number of benzene rings is 2. The average molecular weight is 352 g/mol. The molecule has 0 amide bonds. The third kappa shape index (κ3) is 7.24. The maximum absolute atomic E-state index is 12.0. The standard InChI is InChI=1S/C23H28O3/c1-2-3-10-21(24)11-7-18-26-22-15-12-19(13-16-22)14-17-23(25)20-8-5-4-6-9-20/h4-6,8-9,12-17,21,24H,2-3,7,10-11,18H2,1H3. The Bertz CT molecular complexity index is 674. The van der Waals surface area contributed by atoms with Crippen LogP contribution in [0.25, 0.3) is 6.08 Å². The third-order valence-corrected chi connectivity index (χ3v) is 4.21. The van der Waals surface area contributed by atoms with Crippen LogP contribution in [0.15, 0.2) is 60.7 Å². The minimum absolute atomic E-state index is 0.00689. The maximum Gasteiger partial charge on any atom is 0.185 e. The van der Waals surface area contributed by atoms with Gasteiger partial charge in [0.25, 0.3) is 0 Å². The molecular formula is C23H28O3. The van der Waals surface area contributed by atoms with Crippen LogP contribution < -0.4 is 4.74 Å². The van der Waals surface area contributed by atoms with E-state index in [9.17, 15) is 9.90 Å². The van der Waals surface area contributed by atoms with Gasteiger partial charge in [-0.2, -0.15) is 0 Å². The fourth-order valence-electron chi connectivity index (χ4n) is 2.64. The molecule has 2 rings (SSSR count). The van der Waals surface area contributed by atoms with E-state index in [1.165, 1.54) is 0 Å². The van der Waals surface area contributed by atoms with Crippen LogP contribution >= 0.6 is 0 Å². The summed E-state index contributed by atoms with van der Waals surface area (Å²) < 4.78 is 5.71. The number of carbonyl (C=O) groups is 1. The van der Waals surface area contributed by atoms with Gasteiger partial charge in [0.1, 0.15) is 5.75 Å². The Morgan fingerprint density at radius 3 is 2.42 bits per heavy atom. The molecule has 1 N–H and O–H groups in total. The first-order valence-electron chi connectivity index (χ1n) is 9.37. The molecule has 2 aromatic rings. The molecule has 1 unspecified atom stereocenters. The normalized spacial score (nSPS) is 12.2. The van der Waals surface area contributed by atoms with Crippen molar-refractivity contribution in [1.29, 1.82) is 0 Å². The number of aliphatic hydroxyl groups is 1. The first-order valence-corrected chi connectivity index (χ1v) is 9.37. The number of allylic oxidation sites excluding steroid dienone is 1. The molecule has 0 spiro atoms. The molecule has 0 aliphatic rings. The fourth-order valence-corrected chi connectivity index (χ4v) is 2.64. The lowest BCUT2D eigenvalue weighted by Gasteiger charge is -2.10. The van der Waals surface area contributed by atoms with Gasteiger partial charge in [0.2, 0.25) is 0 Å². The van der Waals surface area contributed by atoms with Gasteiger partial charge >= 0.3 is 0 Å². The zero-order valence-electron chi connectivity index (χ0n) is 15.4. The second-order valence-corrected chi connectivity index (χ2v) is 6.42. The summed E-state index contributed by atoms with van der Waals surface area (Å²) >= 11 is 0. The number of ketones is 1. The van der Waals surface area contributed by atoms with E-state index in [4.69, 9.17) is 4.74 Å². The molecule has 0 aliphatic heterocycles. The van der Waals surface area contributed by atoms with Gasteiger partial charge in [-0.3, -0.25) is 4.79 Å². The Morgan fingerprint density at radius 2 is 1.73 bits per heavy atom. The van der Waals surface area contributed by atoms with Crippen LogP contribution in [0.3, 0.4) is 0 Å². The zero-order chi connectivity index (χ0) is 18.6. The molecule has 138 valence electrons. The number of unbranched alkanes of at least 4 members (excludes halogenated alkanes) is 1. The minimum atomic E-state index is -0.215. The van der Waals surface area contributed by atoms with Gasteiger partial charge in [0, 0.05) is 5.56 Å². The molecule has 3 nitrogen and oxygen atoms in total. The van der Waals surface area contributed by atoms with Crippen molar-refractivity contribution in [2.24, 2.45) is 0 Å². The molecule has 0 fully saturated rings. The van der Waals surface area contributed by atoms with E-state index in [0.717, 1.165) is 43.4 Å². The highest BCUT2D eigenvalue weighted by molar-refractivity contribution is 6.06. The Labute approximate surface area is 156 Å². The van der Waals surface area contributed by atoms with Crippen molar-refractivity contribution in [2.75, 3.05) is 6.61 Å². The number of carbonyl (C=O) groups excluding carboxylic acids is 1. The summed E-state index contributed by atoms with van der Waals surface area (Å²) in [6.07, 6.45) is 7.87. The van der Waals surface area contributed by atoms with Crippen molar-refractivity contribution in [3.63, 3.8) is 0 Å². The van der Waals surface area contributed by atoms with Crippen molar-refractivity contribution in [3.8, 4) is 5.75 Å². The van der Waals surface area contributed by atoms with Crippen LogP contribution in [0.4, 0.5) is 0 Å². The monoisotopic (exact) mass is 352 g/mol. The lowest BCUT2D eigenvalue weighted by atomic mass is 10.1. The van der Waals surface area contributed by atoms with E-state index in [-0.39, 0.29) is 11.9 Å². The predicted octanol–water partition coefficient (Wildman–Crippen LogP) is 5.29. The van der Waals surface area contributed by atoms with E-state index in [1.54, 1.807) is 6.08 Å². The lowest BCUT2D eigenvalue weighted by Crippen LogP contribution is -2.08. The summed E-state index contributed by atoms with van der Waals surface area (Å²) in [4.78, 5) is 12.0. The second-order valence-electron chi connectivity index (χ2n) is 6.42. The smallest absolute Gasteiger partial charge is 0.185 e. The highest BCUT2D eigenvalue weighted by Gasteiger charge is 2.03. The van der Waals surface area contributed by atoms with Gasteiger partial charge in [0.05, 0.1) is 12.7 Å². The molecule has 0 heterocycles. The molecule has 0 saturated heterocycles. The van der Waals surface area contributed by atoms with Gasteiger partial charge in [-0.15, -0.1) is 0 Å². The Balaban J connectivity index is 1.74. The summed E-state index contributed by atoms with van der Waals surface area (Å²) in [6, 6.07) is 16.9. The predicted molar refractivity (Wildman–Crippen MR) is 107 cm³/mol. The molecule has 0 radical (unpaired) electrons. The molecule has 2 aromatic carbocycles. The molecular weight excluding hydrogens is 324 g/mol. The van der Waals surface area contributed by atoms with E-state index in [2.05, 4.69) is 6.92 Å². The van der Waals surface area contributed by atoms with Crippen LogP contribution in [0, 0.1) is 0 Å². The van der Waals surface area contributed by atoms with Crippen molar-refractivity contribution >= 4 is 11.9 Å². The third-order valence-electron chi connectivity index (χ3n) is 4.21. The summed E-state index contributed by atoms with van der Waals surface area (Å²) in [6.45, 7) is 2.73. The summed E-state index contributed by atoms with van der Waals surface area (Å²) in [7, 11) is 0. The van der Waals surface area contributed by atoms with Crippen LogP contribution in [0.1, 0.15) is 54.9 Å². The van der Waals surface area contributed by atoms with Crippen LogP contribution in [0.5, 0.6) is 5.75 Å². The molecule has 0 saturated carbocycles. The van der Waals surface area contributed by atoms with Gasteiger partial charge in [0.15, 0.2) is 5.78 Å². The number of ether oxygens (including phenoxy) is 1. The Morgan fingerprint density at radius 1 is 1.04 bits per heavy atom. The number of aliphatic hydroxyl groups excluding tert-OH is 1. The van der Waals surface area contributed by atoms with Gasteiger partial charge in [-0.25, -0.2) is 0 Å². The van der Waals surface area contributed by atoms with Gasteiger partial charge < -0.3 is 9.84 Å². The number of hydrogen-bond acceptors (Lipinski definition) is 3. The van der Waals surface area contributed by atoms with Crippen molar-refractivity contribution in [3.05, 3.63) is 71.8 Å². The van der Waals surface area contributed by atoms with E-state index < -0.39 is 0 Å². The van der Waals surface area contributed by atoms with E-state index >= 15 is 0 Å². The highest BCUT2D eigenvalue weighted by Crippen LogP contribution is 2.15. The Kier molecular flexibility index (Phi) is 8.64. The van der Waals surface area contributed by atoms with Crippen molar-refractivity contribution < 1.29 is 14.6 Å². The van der Waals surface area contributed by atoms with Crippen molar-refractivity contribution in [2.45, 2.75) is 45.1 Å². The highest BCUT2D eigenvalue weighted by atomic mass is 16.5. The van der Waals surface area contributed by atoms with E-state index in [1.807, 2.05) is 60.7 Å². The molecule has 0 aromatic heterocycles. The number of rotatable bonds is 11. The van der Waals surface area contributed by atoms with Gasteiger partial charge in [-0.05, 0) is 43.0 Å². The minimum Gasteiger partial charge on any atom is -0.494 e. The first-order chi connectivity index (χ1) is 12.7. The topological polar surface area (TPSA) is 46.5 Å². The summed E-state index contributed by atoms with van der Waals surface area (Å²) in [5, 5.41) is 9.81. The largest absolute Gasteiger partial charge is 0.494 e. The number of hydrogen-bond donors (Lipinski definition) is 1. The van der Waals surface area contributed by atoms with Crippen molar-refractivity contribution in [1.82, 2.24) is 0 Å². The molecule has 3 heteroatoms. The van der Waals surface area contributed by atoms with Crippen LogP contribution in [0.2, 0.25) is 0 Å². The van der Waals surface area contributed by atoms with Crippen LogP contribution in [-0.4, -0.2) is 23.6 Å². The first kappa shape index (κ1) is 19.9. The summed E-state index contributed by atoms with van der Waals surface area (Å²) in [5.41, 5.74) is 1.64. The molecule has 1 atom stereocenters. The van der Waals surface area contributed by atoms with Crippen LogP contribution in [-0.2, 0) is 0 Å². The average Bonchev–Trinajstić information content (AvgIpc) is 2.69. The molecule has 0 aliphatic carbocycles. The Hall–Kier alpha value is -2.39. The van der Waals surface area contributed by atoms with Gasteiger partial charge in [-0.1, -0.05) is 68.3 Å². The summed E-state index contributed by atoms with van der Waals surface area (Å²) in [5.74, 6) is 0.798. The lowest BCUT2D eigenvalue weighted by molar-refractivity contribution is 0.104. The van der Waals surface area contributed by atoms with E-state index in [0.29, 0.717) is 12.2 Å². The maximum atomic E-state index is 12.0. The fraction of sp³-hybridized carbons (Fsp3) is 0.348. The second kappa shape index (κ2) is 11.3. The molecule has 26 heavy (non-hydrogen) atoms.